The molecule has 0 spiro atoms. The number of hydrogen-bond acceptors (Lipinski definition) is 3. The number of rotatable bonds is 5. The van der Waals surface area contributed by atoms with Crippen LogP contribution >= 0.6 is 15.9 Å². The van der Waals surface area contributed by atoms with Crippen molar-refractivity contribution in [1.82, 2.24) is 10.4 Å². The third-order valence-corrected chi connectivity index (χ3v) is 3.85. The molecular weight excluding hydrogens is 314 g/mol. The highest BCUT2D eigenvalue weighted by Crippen LogP contribution is 2.21. The minimum atomic E-state index is 0.0601. The number of aromatic nitrogens is 1. The van der Waals surface area contributed by atoms with Gasteiger partial charge in [0, 0.05) is 16.9 Å². The van der Waals surface area contributed by atoms with Gasteiger partial charge in [-0.1, -0.05) is 38.1 Å². The zero-order valence-electron chi connectivity index (χ0n) is 11.8. The smallest absolute Gasteiger partial charge is 0.0515 e. The van der Waals surface area contributed by atoms with Gasteiger partial charge in [0.1, 0.15) is 0 Å². The van der Waals surface area contributed by atoms with E-state index in [4.69, 9.17) is 5.84 Å². The summed E-state index contributed by atoms with van der Waals surface area (Å²) in [5.41, 5.74) is 6.57. The first kappa shape index (κ1) is 15.2. The molecule has 1 atom stereocenters. The molecule has 0 amide bonds. The van der Waals surface area contributed by atoms with Crippen LogP contribution in [0.2, 0.25) is 0 Å². The summed E-state index contributed by atoms with van der Waals surface area (Å²) < 4.78 is 0.963. The van der Waals surface area contributed by atoms with Crippen LogP contribution in [0.1, 0.15) is 42.5 Å². The highest BCUT2D eigenvalue weighted by atomic mass is 79.9. The first-order valence-corrected chi connectivity index (χ1v) is 7.55. The number of halogens is 1. The molecule has 1 heterocycles. The predicted molar refractivity (Wildman–Crippen MR) is 86.2 cm³/mol. The lowest BCUT2D eigenvalue weighted by Crippen LogP contribution is -2.29. The van der Waals surface area contributed by atoms with Gasteiger partial charge < -0.3 is 0 Å². The molecule has 0 saturated carbocycles. The van der Waals surface area contributed by atoms with Crippen LogP contribution < -0.4 is 11.3 Å². The van der Waals surface area contributed by atoms with Crippen molar-refractivity contribution < 1.29 is 0 Å². The molecule has 2 rings (SSSR count). The molecule has 0 fully saturated rings. The molecule has 0 bridgehead atoms. The molecule has 20 heavy (non-hydrogen) atoms. The van der Waals surface area contributed by atoms with E-state index in [1.54, 1.807) is 6.20 Å². The first-order chi connectivity index (χ1) is 9.60. The molecule has 0 aliphatic heterocycles. The first-order valence-electron chi connectivity index (χ1n) is 6.75. The zero-order valence-corrected chi connectivity index (χ0v) is 13.4. The van der Waals surface area contributed by atoms with Gasteiger partial charge in [-0.25, -0.2) is 0 Å². The van der Waals surface area contributed by atoms with Gasteiger partial charge in [-0.15, -0.1) is 0 Å². The molecule has 1 unspecified atom stereocenters. The van der Waals surface area contributed by atoms with Crippen molar-refractivity contribution in [2.45, 2.75) is 32.2 Å². The highest BCUT2D eigenvalue weighted by Gasteiger charge is 2.11. The van der Waals surface area contributed by atoms with E-state index in [0.717, 1.165) is 16.5 Å². The van der Waals surface area contributed by atoms with Crippen molar-refractivity contribution in [3.63, 3.8) is 0 Å². The van der Waals surface area contributed by atoms with Crippen LogP contribution in [0.15, 0.2) is 47.2 Å². The molecule has 0 radical (unpaired) electrons. The van der Waals surface area contributed by atoms with E-state index >= 15 is 0 Å². The van der Waals surface area contributed by atoms with Gasteiger partial charge >= 0.3 is 0 Å². The van der Waals surface area contributed by atoms with Gasteiger partial charge in [0.15, 0.2) is 0 Å². The van der Waals surface area contributed by atoms with Crippen molar-refractivity contribution in [2.24, 2.45) is 5.84 Å². The summed E-state index contributed by atoms with van der Waals surface area (Å²) in [6.45, 7) is 4.40. The van der Waals surface area contributed by atoms with Gasteiger partial charge in [0.05, 0.1) is 6.04 Å². The van der Waals surface area contributed by atoms with Crippen LogP contribution in [0.3, 0.4) is 0 Å². The van der Waals surface area contributed by atoms with Gasteiger partial charge in [-0.2, -0.15) is 0 Å². The van der Waals surface area contributed by atoms with Crippen molar-refractivity contribution in [3.8, 4) is 0 Å². The fraction of sp³-hybridized carbons (Fsp3) is 0.312. The van der Waals surface area contributed by atoms with Gasteiger partial charge in [0.2, 0.25) is 0 Å². The number of nitrogens with two attached hydrogens (primary N) is 1. The van der Waals surface area contributed by atoms with E-state index in [-0.39, 0.29) is 6.04 Å². The van der Waals surface area contributed by atoms with Gasteiger partial charge in [0.25, 0.3) is 0 Å². The number of benzene rings is 1. The average Bonchev–Trinajstić information content (AvgIpc) is 2.45. The summed E-state index contributed by atoms with van der Waals surface area (Å²) in [7, 11) is 0. The van der Waals surface area contributed by atoms with Crippen LogP contribution in [0, 0.1) is 0 Å². The summed E-state index contributed by atoms with van der Waals surface area (Å²) in [5.74, 6) is 6.24. The lowest BCUT2D eigenvalue weighted by Gasteiger charge is -2.17. The van der Waals surface area contributed by atoms with Crippen LogP contribution in [0.4, 0.5) is 0 Å². The summed E-state index contributed by atoms with van der Waals surface area (Å²) in [4.78, 5) is 4.19. The van der Waals surface area contributed by atoms with Crippen molar-refractivity contribution in [1.29, 1.82) is 0 Å². The van der Waals surface area contributed by atoms with Gasteiger partial charge in [-0.05, 0) is 51.0 Å². The highest BCUT2D eigenvalue weighted by molar-refractivity contribution is 9.10. The van der Waals surface area contributed by atoms with E-state index < -0.39 is 0 Å². The molecule has 0 saturated heterocycles. The quantitative estimate of drug-likeness (QED) is 0.647. The van der Waals surface area contributed by atoms with E-state index in [2.05, 4.69) is 64.5 Å². The fourth-order valence-corrected chi connectivity index (χ4v) is 2.55. The Balaban J connectivity index is 2.14. The minimum Gasteiger partial charge on any atom is -0.271 e. The second kappa shape index (κ2) is 6.97. The van der Waals surface area contributed by atoms with Crippen LogP contribution in [0.5, 0.6) is 0 Å². The zero-order chi connectivity index (χ0) is 14.5. The third-order valence-electron chi connectivity index (χ3n) is 3.42. The van der Waals surface area contributed by atoms with Crippen molar-refractivity contribution in [2.75, 3.05) is 0 Å². The monoisotopic (exact) mass is 333 g/mol. The topological polar surface area (TPSA) is 50.9 Å². The normalized spacial score (nSPS) is 12.7. The van der Waals surface area contributed by atoms with E-state index in [1.165, 1.54) is 11.1 Å². The number of hydrogen-bond donors (Lipinski definition) is 2. The Hall–Kier alpha value is -1.23. The number of nitrogens with one attached hydrogen (secondary N) is 1. The predicted octanol–water partition coefficient (Wildman–Crippen LogP) is 3.71. The van der Waals surface area contributed by atoms with Crippen LogP contribution in [-0.2, 0) is 6.42 Å². The van der Waals surface area contributed by atoms with Crippen molar-refractivity contribution >= 4 is 15.9 Å². The summed E-state index contributed by atoms with van der Waals surface area (Å²) in [6, 6.07) is 10.8. The maximum atomic E-state index is 5.69. The van der Waals surface area contributed by atoms with Crippen molar-refractivity contribution in [3.05, 3.63) is 63.9 Å². The van der Waals surface area contributed by atoms with E-state index in [9.17, 15) is 0 Å². The SMILES string of the molecule is CC(C)c1ccc(CC(NN)c2cncc(Br)c2)cc1. The largest absolute Gasteiger partial charge is 0.271 e. The van der Waals surface area contributed by atoms with Crippen LogP contribution in [-0.4, -0.2) is 4.98 Å². The Morgan fingerprint density at radius 2 is 1.85 bits per heavy atom. The Morgan fingerprint density at radius 3 is 2.40 bits per heavy atom. The molecule has 3 nitrogen and oxygen atoms in total. The second-order valence-electron chi connectivity index (χ2n) is 5.26. The molecule has 4 heteroatoms. The fourth-order valence-electron chi connectivity index (χ4n) is 2.17. The Morgan fingerprint density at radius 1 is 1.15 bits per heavy atom. The third kappa shape index (κ3) is 3.88. The molecular formula is C16H20BrN3. The maximum Gasteiger partial charge on any atom is 0.0515 e. The summed E-state index contributed by atoms with van der Waals surface area (Å²) >= 11 is 3.44. The Kier molecular flexibility index (Phi) is 5.29. The maximum absolute atomic E-state index is 5.69. The molecule has 1 aromatic carbocycles. The minimum absolute atomic E-state index is 0.0601. The second-order valence-corrected chi connectivity index (χ2v) is 6.17. The molecule has 0 aliphatic rings. The van der Waals surface area contributed by atoms with E-state index in [0.29, 0.717) is 5.92 Å². The average molecular weight is 334 g/mol. The van der Waals surface area contributed by atoms with Gasteiger partial charge in [-0.3, -0.25) is 16.3 Å². The molecule has 106 valence electrons. The number of pyridine rings is 1. The molecule has 2 aromatic rings. The lowest BCUT2D eigenvalue weighted by molar-refractivity contribution is 0.550. The number of nitrogens with zero attached hydrogens (tertiary/aromatic N) is 1. The Bertz CT molecular complexity index is 552. The van der Waals surface area contributed by atoms with E-state index in [1.807, 2.05) is 12.3 Å². The lowest BCUT2D eigenvalue weighted by atomic mass is 9.97. The standard InChI is InChI=1S/C16H20BrN3/c1-11(2)13-5-3-12(4-6-13)7-16(20-18)14-8-15(17)10-19-9-14/h3-6,8-11,16,20H,7,18H2,1-2H3. The Labute approximate surface area is 128 Å². The summed E-state index contributed by atoms with van der Waals surface area (Å²) in [6.07, 6.45) is 4.46. The number of hydrazine groups is 1. The molecule has 3 N–H and O–H groups in total. The molecule has 0 aliphatic carbocycles. The molecule has 1 aromatic heterocycles. The van der Waals surface area contributed by atoms with Crippen LogP contribution in [0.25, 0.3) is 0 Å². The summed E-state index contributed by atoms with van der Waals surface area (Å²) in [5, 5.41) is 0.